The smallest absolute Gasteiger partial charge is 0.338 e. The van der Waals surface area contributed by atoms with E-state index in [4.69, 9.17) is 4.74 Å². The predicted octanol–water partition coefficient (Wildman–Crippen LogP) is 4.40. The maximum absolute atomic E-state index is 13.3. The Bertz CT molecular complexity index is 442. The highest BCUT2D eigenvalue weighted by Crippen LogP contribution is 2.35. The molecule has 2 nitrogen and oxygen atoms in total. The Morgan fingerprint density at radius 2 is 1.95 bits per heavy atom. The SMILES string of the molecule is CCC1(OC(=O)c2cc(C)cc(F)c2)CCCCC1. The van der Waals surface area contributed by atoms with Crippen LogP contribution in [0.4, 0.5) is 4.39 Å². The molecule has 0 heterocycles. The molecule has 1 aliphatic carbocycles. The second kappa shape index (κ2) is 5.72. The first kappa shape index (κ1) is 14.0. The van der Waals surface area contributed by atoms with Gasteiger partial charge in [-0.1, -0.05) is 13.3 Å². The van der Waals surface area contributed by atoms with Crippen LogP contribution in [0.5, 0.6) is 0 Å². The second-order valence-electron chi connectivity index (χ2n) is 5.50. The minimum Gasteiger partial charge on any atom is -0.455 e. The highest BCUT2D eigenvalue weighted by atomic mass is 19.1. The van der Waals surface area contributed by atoms with Crippen LogP contribution in [0.25, 0.3) is 0 Å². The topological polar surface area (TPSA) is 26.3 Å². The van der Waals surface area contributed by atoms with Crippen LogP contribution in [0.1, 0.15) is 61.4 Å². The molecular weight excluding hydrogens is 243 g/mol. The molecule has 3 heteroatoms. The van der Waals surface area contributed by atoms with Gasteiger partial charge in [-0.2, -0.15) is 0 Å². The molecule has 1 aromatic carbocycles. The molecule has 2 rings (SSSR count). The summed E-state index contributed by atoms with van der Waals surface area (Å²) in [5.74, 6) is -0.785. The number of hydrogen-bond donors (Lipinski definition) is 0. The Balaban J connectivity index is 2.15. The van der Waals surface area contributed by atoms with E-state index in [1.165, 1.54) is 18.6 Å². The van der Waals surface area contributed by atoms with Crippen molar-refractivity contribution in [3.05, 3.63) is 35.1 Å². The van der Waals surface area contributed by atoms with Crippen molar-refractivity contribution in [3.63, 3.8) is 0 Å². The summed E-state index contributed by atoms with van der Waals surface area (Å²) in [6.07, 6.45) is 6.07. The normalized spacial score (nSPS) is 18.1. The average molecular weight is 264 g/mol. The van der Waals surface area contributed by atoms with Gasteiger partial charge in [-0.05, 0) is 62.8 Å². The summed E-state index contributed by atoms with van der Waals surface area (Å²) in [5, 5.41) is 0. The minimum atomic E-state index is -0.397. The zero-order valence-corrected chi connectivity index (χ0v) is 11.7. The molecule has 19 heavy (non-hydrogen) atoms. The number of rotatable bonds is 3. The van der Waals surface area contributed by atoms with E-state index in [2.05, 4.69) is 6.92 Å². The fourth-order valence-electron chi connectivity index (χ4n) is 2.83. The molecule has 0 bridgehead atoms. The Morgan fingerprint density at radius 1 is 1.26 bits per heavy atom. The summed E-state index contributed by atoms with van der Waals surface area (Å²) in [5.41, 5.74) is 0.715. The highest BCUT2D eigenvalue weighted by molar-refractivity contribution is 5.90. The van der Waals surface area contributed by atoms with Crippen molar-refractivity contribution in [1.29, 1.82) is 0 Å². The molecule has 1 saturated carbocycles. The van der Waals surface area contributed by atoms with Crippen molar-refractivity contribution in [2.75, 3.05) is 0 Å². The molecule has 0 atom stereocenters. The molecule has 104 valence electrons. The molecular formula is C16H21FO2. The van der Waals surface area contributed by atoms with Crippen molar-refractivity contribution in [2.45, 2.75) is 58.0 Å². The van der Waals surface area contributed by atoms with Gasteiger partial charge in [-0.15, -0.1) is 0 Å². The number of aryl methyl sites for hydroxylation is 1. The lowest BCUT2D eigenvalue weighted by Crippen LogP contribution is -2.36. The maximum atomic E-state index is 13.3. The minimum absolute atomic E-state index is 0.316. The van der Waals surface area contributed by atoms with E-state index >= 15 is 0 Å². The van der Waals surface area contributed by atoms with Gasteiger partial charge >= 0.3 is 5.97 Å². The van der Waals surface area contributed by atoms with Crippen molar-refractivity contribution in [1.82, 2.24) is 0 Å². The summed E-state index contributed by atoms with van der Waals surface area (Å²) in [6, 6.07) is 4.34. The summed E-state index contributed by atoms with van der Waals surface area (Å²) in [7, 11) is 0. The summed E-state index contributed by atoms with van der Waals surface area (Å²) < 4.78 is 19.1. The monoisotopic (exact) mass is 264 g/mol. The van der Waals surface area contributed by atoms with Gasteiger partial charge in [-0.3, -0.25) is 0 Å². The van der Waals surface area contributed by atoms with Crippen molar-refractivity contribution < 1.29 is 13.9 Å². The van der Waals surface area contributed by atoms with Gasteiger partial charge in [0.1, 0.15) is 11.4 Å². The van der Waals surface area contributed by atoms with Crippen molar-refractivity contribution >= 4 is 5.97 Å². The van der Waals surface area contributed by atoms with Gasteiger partial charge in [0.05, 0.1) is 5.56 Å². The number of carbonyl (C=O) groups excluding carboxylic acids is 1. The molecule has 1 aromatic rings. The van der Waals surface area contributed by atoms with Gasteiger partial charge in [-0.25, -0.2) is 9.18 Å². The Morgan fingerprint density at radius 3 is 2.53 bits per heavy atom. The van der Waals surface area contributed by atoms with Crippen LogP contribution >= 0.6 is 0 Å². The number of ether oxygens (including phenoxy) is 1. The molecule has 0 radical (unpaired) electrons. The Kier molecular flexibility index (Phi) is 4.23. The van der Waals surface area contributed by atoms with Crippen molar-refractivity contribution in [3.8, 4) is 0 Å². The molecule has 0 amide bonds. The van der Waals surface area contributed by atoms with Crippen LogP contribution in [-0.4, -0.2) is 11.6 Å². The van der Waals surface area contributed by atoms with E-state index in [9.17, 15) is 9.18 Å². The number of carbonyl (C=O) groups is 1. The Hall–Kier alpha value is -1.38. The molecule has 0 aromatic heterocycles. The van der Waals surface area contributed by atoms with Crippen LogP contribution in [0, 0.1) is 12.7 Å². The molecule has 0 unspecified atom stereocenters. The zero-order chi connectivity index (χ0) is 13.9. The van der Waals surface area contributed by atoms with Crippen LogP contribution < -0.4 is 0 Å². The lowest BCUT2D eigenvalue weighted by molar-refractivity contribution is -0.0398. The largest absolute Gasteiger partial charge is 0.455 e. The number of benzene rings is 1. The molecule has 1 fully saturated rings. The van der Waals surface area contributed by atoms with E-state index in [0.29, 0.717) is 5.56 Å². The first-order valence-corrected chi connectivity index (χ1v) is 7.05. The summed E-state index contributed by atoms with van der Waals surface area (Å²) in [6.45, 7) is 3.82. The van der Waals surface area contributed by atoms with Crippen LogP contribution in [-0.2, 0) is 4.74 Å². The van der Waals surface area contributed by atoms with Gasteiger partial charge in [0, 0.05) is 0 Å². The highest BCUT2D eigenvalue weighted by Gasteiger charge is 2.34. The van der Waals surface area contributed by atoms with Gasteiger partial charge < -0.3 is 4.74 Å². The molecule has 0 saturated heterocycles. The zero-order valence-electron chi connectivity index (χ0n) is 11.7. The van der Waals surface area contributed by atoms with Crippen LogP contribution in [0.2, 0.25) is 0 Å². The average Bonchev–Trinajstić information content (AvgIpc) is 2.38. The van der Waals surface area contributed by atoms with Crippen molar-refractivity contribution in [2.24, 2.45) is 0 Å². The van der Waals surface area contributed by atoms with Gasteiger partial charge in [0.25, 0.3) is 0 Å². The predicted molar refractivity (Wildman–Crippen MR) is 72.7 cm³/mol. The molecule has 0 spiro atoms. The fraction of sp³-hybridized carbons (Fsp3) is 0.562. The van der Waals surface area contributed by atoms with E-state index in [1.807, 2.05) is 0 Å². The molecule has 0 aliphatic heterocycles. The molecule has 1 aliphatic rings. The lowest BCUT2D eigenvalue weighted by atomic mass is 9.82. The number of halogens is 1. The Labute approximate surface area is 114 Å². The third kappa shape index (κ3) is 3.34. The standard InChI is InChI=1S/C16H21FO2/c1-3-16(7-5-4-6-8-16)19-15(18)13-9-12(2)10-14(17)11-13/h9-11H,3-8H2,1-2H3. The summed E-state index contributed by atoms with van der Waals surface area (Å²) in [4.78, 5) is 12.2. The third-order valence-corrected chi connectivity index (χ3v) is 4.00. The van der Waals surface area contributed by atoms with Gasteiger partial charge in [0.2, 0.25) is 0 Å². The lowest BCUT2D eigenvalue weighted by Gasteiger charge is -2.36. The van der Waals surface area contributed by atoms with E-state index < -0.39 is 5.97 Å². The quantitative estimate of drug-likeness (QED) is 0.756. The van der Waals surface area contributed by atoms with E-state index in [1.54, 1.807) is 13.0 Å². The van der Waals surface area contributed by atoms with E-state index in [-0.39, 0.29) is 11.4 Å². The third-order valence-electron chi connectivity index (χ3n) is 4.00. The maximum Gasteiger partial charge on any atom is 0.338 e. The number of hydrogen-bond acceptors (Lipinski definition) is 2. The first-order valence-electron chi connectivity index (χ1n) is 7.05. The van der Waals surface area contributed by atoms with Gasteiger partial charge in [0.15, 0.2) is 0 Å². The summed E-state index contributed by atoms with van der Waals surface area (Å²) >= 11 is 0. The first-order chi connectivity index (χ1) is 9.04. The van der Waals surface area contributed by atoms with E-state index in [0.717, 1.165) is 37.7 Å². The second-order valence-corrected chi connectivity index (χ2v) is 5.50. The van der Waals surface area contributed by atoms with Crippen LogP contribution in [0.15, 0.2) is 18.2 Å². The molecule has 0 N–H and O–H groups in total. The number of esters is 1. The fourth-order valence-corrected chi connectivity index (χ4v) is 2.83. The van der Waals surface area contributed by atoms with Crippen LogP contribution in [0.3, 0.4) is 0 Å².